The third-order valence-corrected chi connectivity index (χ3v) is 5.87. The Bertz CT molecular complexity index is 1000. The van der Waals surface area contributed by atoms with E-state index in [1.807, 2.05) is 24.3 Å². The zero-order chi connectivity index (χ0) is 23.2. The second-order valence-electron chi connectivity index (χ2n) is 8.06. The van der Waals surface area contributed by atoms with Crippen LogP contribution < -0.4 is 19.1 Å². The average molecular weight is 469 g/mol. The molecule has 170 valence electrons. The van der Waals surface area contributed by atoms with Crippen LogP contribution in [0.15, 0.2) is 42.5 Å². The number of carbonyl (C=O) groups is 1. The Morgan fingerprint density at radius 1 is 1.13 bits per heavy atom. The van der Waals surface area contributed by atoms with Gasteiger partial charge in [0.15, 0.2) is 0 Å². The van der Waals surface area contributed by atoms with Crippen LogP contribution in [0, 0.1) is 0 Å². The normalized spacial score (nSPS) is 11.7. The molecule has 0 radical (unpaired) electrons. The summed E-state index contributed by atoms with van der Waals surface area (Å²) >= 11 is 6.01. The van der Waals surface area contributed by atoms with Crippen LogP contribution in [-0.2, 0) is 20.2 Å². The second kappa shape index (κ2) is 10.2. The van der Waals surface area contributed by atoms with E-state index in [1.165, 1.54) is 18.7 Å². The van der Waals surface area contributed by atoms with Crippen LogP contribution in [0.1, 0.15) is 26.3 Å². The molecule has 2 rings (SSSR count). The third-order valence-electron chi connectivity index (χ3n) is 4.51. The van der Waals surface area contributed by atoms with Crippen molar-refractivity contribution < 1.29 is 22.7 Å². The average Bonchev–Trinajstić information content (AvgIpc) is 2.68. The SMILES string of the molecule is COc1ccc(Cl)cc1N(CC(=O)NCCOc1ccc(C(C)(C)C)cc1)S(C)(=O)=O. The molecule has 0 bridgehead atoms. The van der Waals surface area contributed by atoms with Gasteiger partial charge in [0.2, 0.25) is 15.9 Å². The van der Waals surface area contributed by atoms with E-state index in [4.69, 9.17) is 21.1 Å². The van der Waals surface area contributed by atoms with Crippen molar-refractivity contribution in [2.24, 2.45) is 0 Å². The predicted molar refractivity (Wildman–Crippen MR) is 124 cm³/mol. The number of hydrogen-bond donors (Lipinski definition) is 1. The lowest BCUT2D eigenvalue weighted by Crippen LogP contribution is -2.41. The van der Waals surface area contributed by atoms with Crippen LogP contribution in [0.2, 0.25) is 5.02 Å². The maximum Gasteiger partial charge on any atom is 0.240 e. The fourth-order valence-corrected chi connectivity index (χ4v) is 3.85. The number of nitrogens with zero attached hydrogens (tertiary/aromatic N) is 1. The molecule has 0 unspecified atom stereocenters. The Morgan fingerprint density at radius 2 is 1.77 bits per heavy atom. The monoisotopic (exact) mass is 468 g/mol. The molecule has 0 aliphatic heterocycles. The summed E-state index contributed by atoms with van der Waals surface area (Å²) in [7, 11) is -2.33. The summed E-state index contributed by atoms with van der Waals surface area (Å²) in [4.78, 5) is 12.4. The van der Waals surface area contributed by atoms with Gasteiger partial charge >= 0.3 is 0 Å². The first-order chi connectivity index (χ1) is 14.4. The van der Waals surface area contributed by atoms with Gasteiger partial charge in [0.25, 0.3) is 0 Å². The minimum absolute atomic E-state index is 0.0592. The lowest BCUT2D eigenvalue weighted by molar-refractivity contribution is -0.119. The molecule has 9 heteroatoms. The van der Waals surface area contributed by atoms with Crippen molar-refractivity contribution in [1.29, 1.82) is 0 Å². The molecule has 1 N–H and O–H groups in total. The number of hydrogen-bond acceptors (Lipinski definition) is 5. The van der Waals surface area contributed by atoms with Crippen LogP contribution in [0.3, 0.4) is 0 Å². The summed E-state index contributed by atoms with van der Waals surface area (Å²) in [6.45, 7) is 6.48. The van der Waals surface area contributed by atoms with Crippen LogP contribution >= 0.6 is 11.6 Å². The minimum Gasteiger partial charge on any atom is -0.495 e. The molecular formula is C22H29ClN2O5S. The van der Waals surface area contributed by atoms with Crippen LogP contribution in [0.4, 0.5) is 5.69 Å². The molecule has 0 fully saturated rings. The number of carbonyl (C=O) groups excluding carboxylic acids is 1. The van der Waals surface area contributed by atoms with Gasteiger partial charge in [-0.15, -0.1) is 0 Å². The number of sulfonamides is 1. The summed E-state index contributed by atoms with van der Waals surface area (Å²) < 4.78 is 36.4. The lowest BCUT2D eigenvalue weighted by Gasteiger charge is -2.24. The third kappa shape index (κ3) is 7.33. The highest BCUT2D eigenvalue weighted by atomic mass is 35.5. The predicted octanol–water partition coefficient (Wildman–Crippen LogP) is 3.61. The van der Waals surface area contributed by atoms with Gasteiger partial charge in [-0.3, -0.25) is 9.10 Å². The van der Waals surface area contributed by atoms with Crippen molar-refractivity contribution in [3.63, 3.8) is 0 Å². The first kappa shape index (κ1) is 24.8. The number of benzene rings is 2. The molecule has 0 aromatic heterocycles. The quantitative estimate of drug-likeness (QED) is 0.568. The van der Waals surface area contributed by atoms with Gasteiger partial charge in [0, 0.05) is 5.02 Å². The Morgan fingerprint density at radius 3 is 2.32 bits per heavy atom. The largest absolute Gasteiger partial charge is 0.495 e. The van der Waals surface area contributed by atoms with Gasteiger partial charge in [0.1, 0.15) is 24.7 Å². The van der Waals surface area contributed by atoms with Gasteiger partial charge in [-0.1, -0.05) is 44.5 Å². The summed E-state index contributed by atoms with van der Waals surface area (Å²) in [6, 6.07) is 12.4. The van der Waals surface area contributed by atoms with E-state index in [0.29, 0.717) is 16.5 Å². The standard InChI is InChI=1S/C22H29ClN2O5S/c1-22(2,3)16-6-9-18(10-7-16)30-13-12-24-21(26)15-25(31(5,27)28)19-14-17(23)8-11-20(19)29-4/h6-11,14H,12-13,15H2,1-5H3,(H,24,26). The summed E-state index contributed by atoms with van der Waals surface area (Å²) in [5, 5.41) is 3.00. The zero-order valence-corrected chi connectivity index (χ0v) is 20.0. The maximum absolute atomic E-state index is 12.4. The van der Waals surface area contributed by atoms with Gasteiger partial charge < -0.3 is 14.8 Å². The fraction of sp³-hybridized carbons (Fsp3) is 0.409. The number of halogens is 1. The van der Waals surface area contributed by atoms with Crippen molar-refractivity contribution in [2.45, 2.75) is 26.2 Å². The summed E-state index contributed by atoms with van der Waals surface area (Å²) in [6.07, 6.45) is 1.02. The fourth-order valence-electron chi connectivity index (χ4n) is 2.84. The smallest absolute Gasteiger partial charge is 0.240 e. The molecule has 2 aromatic rings. The first-order valence-electron chi connectivity index (χ1n) is 9.73. The van der Waals surface area contributed by atoms with Crippen molar-refractivity contribution in [3.05, 3.63) is 53.1 Å². The number of anilines is 1. The van der Waals surface area contributed by atoms with E-state index in [2.05, 4.69) is 26.1 Å². The molecule has 31 heavy (non-hydrogen) atoms. The molecule has 0 saturated carbocycles. The van der Waals surface area contributed by atoms with E-state index in [9.17, 15) is 13.2 Å². The van der Waals surface area contributed by atoms with Gasteiger partial charge in [0.05, 0.1) is 25.6 Å². The highest BCUT2D eigenvalue weighted by molar-refractivity contribution is 7.92. The molecule has 0 atom stereocenters. The molecule has 0 heterocycles. The molecule has 2 aromatic carbocycles. The Hall–Kier alpha value is -2.45. The van der Waals surface area contributed by atoms with Crippen LogP contribution in [0.25, 0.3) is 0 Å². The molecule has 0 aliphatic rings. The molecule has 0 saturated heterocycles. The number of ether oxygens (including phenoxy) is 2. The highest BCUT2D eigenvalue weighted by Crippen LogP contribution is 2.32. The Balaban J connectivity index is 1.95. The second-order valence-corrected chi connectivity index (χ2v) is 10.4. The zero-order valence-electron chi connectivity index (χ0n) is 18.4. The summed E-state index contributed by atoms with van der Waals surface area (Å²) in [5.41, 5.74) is 1.46. The van der Waals surface area contributed by atoms with Gasteiger partial charge in [-0.2, -0.15) is 0 Å². The summed E-state index contributed by atoms with van der Waals surface area (Å²) in [5.74, 6) is 0.521. The van der Waals surface area contributed by atoms with Gasteiger partial charge in [-0.25, -0.2) is 8.42 Å². The topological polar surface area (TPSA) is 84.9 Å². The lowest BCUT2D eigenvalue weighted by atomic mass is 9.87. The van der Waals surface area contributed by atoms with Crippen molar-refractivity contribution >= 4 is 33.2 Å². The van der Waals surface area contributed by atoms with Crippen LogP contribution in [0.5, 0.6) is 11.5 Å². The van der Waals surface area contributed by atoms with Crippen molar-refractivity contribution in [2.75, 3.05) is 37.4 Å². The Kier molecular flexibility index (Phi) is 8.20. The van der Waals surface area contributed by atoms with Crippen molar-refractivity contribution in [1.82, 2.24) is 5.32 Å². The molecule has 1 amide bonds. The van der Waals surface area contributed by atoms with E-state index in [1.54, 1.807) is 12.1 Å². The van der Waals surface area contributed by atoms with Gasteiger partial charge in [-0.05, 0) is 41.3 Å². The van der Waals surface area contributed by atoms with E-state index >= 15 is 0 Å². The van der Waals surface area contributed by atoms with E-state index in [0.717, 1.165) is 10.6 Å². The minimum atomic E-state index is -3.75. The molecule has 0 aliphatic carbocycles. The number of nitrogens with one attached hydrogen (secondary N) is 1. The molecule has 0 spiro atoms. The van der Waals surface area contributed by atoms with Crippen LogP contribution in [-0.4, -0.2) is 47.4 Å². The first-order valence-corrected chi connectivity index (χ1v) is 12.0. The number of amides is 1. The maximum atomic E-state index is 12.4. The number of rotatable bonds is 9. The van der Waals surface area contributed by atoms with Crippen molar-refractivity contribution in [3.8, 4) is 11.5 Å². The molecule has 7 nitrogen and oxygen atoms in total. The Labute approximate surface area is 189 Å². The van der Waals surface area contributed by atoms with E-state index in [-0.39, 0.29) is 24.3 Å². The highest BCUT2D eigenvalue weighted by Gasteiger charge is 2.24. The molecular weight excluding hydrogens is 440 g/mol. The number of methoxy groups -OCH3 is 1. The van der Waals surface area contributed by atoms with E-state index < -0.39 is 22.5 Å².